The van der Waals surface area contributed by atoms with Crippen LogP contribution in [0, 0.1) is 13.8 Å². The Balaban J connectivity index is 1.65. The average molecular weight is 343 g/mol. The minimum absolute atomic E-state index is 0.0149. The van der Waals surface area contributed by atoms with Crippen molar-refractivity contribution < 1.29 is 9.59 Å². The van der Waals surface area contributed by atoms with E-state index >= 15 is 0 Å². The van der Waals surface area contributed by atoms with Crippen LogP contribution in [-0.4, -0.2) is 47.8 Å². The zero-order chi connectivity index (χ0) is 17.3. The molecule has 1 aromatic heterocycles. The van der Waals surface area contributed by atoms with E-state index in [1.807, 2.05) is 36.9 Å². The van der Waals surface area contributed by atoms with Crippen molar-refractivity contribution in [2.75, 3.05) is 31.9 Å². The number of anilines is 1. The van der Waals surface area contributed by atoms with Crippen molar-refractivity contribution in [2.24, 2.45) is 0 Å². The second kappa shape index (κ2) is 6.65. The zero-order valence-corrected chi connectivity index (χ0v) is 14.7. The molecule has 0 saturated carbocycles. The molecular formula is C18H21N3O2S. The number of carbonyl (C=O) groups excluding carboxylic acids is 2. The van der Waals surface area contributed by atoms with Crippen molar-refractivity contribution >= 4 is 28.8 Å². The first-order valence-corrected chi connectivity index (χ1v) is 8.78. The number of rotatable bonds is 2. The highest BCUT2D eigenvalue weighted by atomic mass is 32.1. The van der Waals surface area contributed by atoms with Gasteiger partial charge >= 0.3 is 0 Å². The summed E-state index contributed by atoms with van der Waals surface area (Å²) in [4.78, 5) is 30.7. The Bertz CT molecular complexity index is 776. The minimum Gasteiger partial charge on any atom is -0.399 e. The van der Waals surface area contributed by atoms with E-state index < -0.39 is 0 Å². The van der Waals surface area contributed by atoms with Crippen molar-refractivity contribution in [3.8, 4) is 0 Å². The molecular weight excluding hydrogens is 322 g/mol. The fourth-order valence-electron chi connectivity index (χ4n) is 2.86. The van der Waals surface area contributed by atoms with Gasteiger partial charge in [0.25, 0.3) is 11.8 Å². The number of nitrogen functional groups attached to an aromatic ring is 1. The number of thiophene rings is 1. The van der Waals surface area contributed by atoms with E-state index in [1.165, 1.54) is 11.3 Å². The smallest absolute Gasteiger partial charge is 0.264 e. The summed E-state index contributed by atoms with van der Waals surface area (Å²) in [6, 6.07) is 9.22. The number of aryl methyl sites for hydroxylation is 2. The Morgan fingerprint density at radius 3 is 2.17 bits per heavy atom. The molecule has 24 heavy (non-hydrogen) atoms. The highest BCUT2D eigenvalue weighted by Gasteiger charge is 2.26. The fraction of sp³-hybridized carbons (Fsp3) is 0.333. The molecule has 1 saturated heterocycles. The normalized spacial score (nSPS) is 14.8. The number of hydrogen-bond donors (Lipinski definition) is 1. The predicted octanol–water partition coefficient (Wildman–Crippen LogP) is 2.55. The average Bonchev–Trinajstić information content (AvgIpc) is 3.02. The van der Waals surface area contributed by atoms with Crippen LogP contribution >= 0.6 is 11.3 Å². The Morgan fingerprint density at radius 2 is 1.58 bits per heavy atom. The molecule has 126 valence electrons. The minimum atomic E-state index is -0.0149. The van der Waals surface area contributed by atoms with Gasteiger partial charge in [-0.15, -0.1) is 11.3 Å². The van der Waals surface area contributed by atoms with E-state index in [-0.39, 0.29) is 11.8 Å². The van der Waals surface area contributed by atoms with E-state index in [0.717, 1.165) is 15.3 Å². The van der Waals surface area contributed by atoms with Gasteiger partial charge in [0.2, 0.25) is 0 Å². The molecule has 1 aromatic carbocycles. The molecule has 0 radical (unpaired) electrons. The van der Waals surface area contributed by atoms with Crippen LogP contribution in [0.2, 0.25) is 0 Å². The first-order chi connectivity index (χ1) is 11.5. The van der Waals surface area contributed by atoms with Crippen LogP contribution in [-0.2, 0) is 0 Å². The van der Waals surface area contributed by atoms with Gasteiger partial charge < -0.3 is 15.5 Å². The maximum Gasteiger partial charge on any atom is 0.264 e. The number of nitrogens with two attached hydrogens (primary N) is 1. The van der Waals surface area contributed by atoms with Crippen LogP contribution in [0.5, 0.6) is 0 Å². The number of carbonyl (C=O) groups is 2. The largest absolute Gasteiger partial charge is 0.399 e. The molecule has 1 aliphatic heterocycles. The summed E-state index contributed by atoms with van der Waals surface area (Å²) < 4.78 is 0. The van der Waals surface area contributed by atoms with Gasteiger partial charge in [-0.25, -0.2) is 0 Å². The Labute approximate surface area is 145 Å². The number of hydrogen-bond acceptors (Lipinski definition) is 4. The third-order valence-corrected chi connectivity index (χ3v) is 5.29. The SMILES string of the molecule is Cc1ccc(C(=O)N2CCN(C(=O)c3cc(N)ccc3C)CC2)s1. The van der Waals surface area contributed by atoms with Crippen molar-refractivity contribution in [3.05, 3.63) is 51.2 Å². The highest BCUT2D eigenvalue weighted by Crippen LogP contribution is 2.20. The number of nitrogens with zero attached hydrogens (tertiary/aromatic N) is 2. The summed E-state index contributed by atoms with van der Waals surface area (Å²) >= 11 is 1.51. The number of amides is 2. The van der Waals surface area contributed by atoms with Crippen LogP contribution in [0.15, 0.2) is 30.3 Å². The lowest BCUT2D eigenvalue weighted by molar-refractivity contribution is 0.0537. The third kappa shape index (κ3) is 3.28. The predicted molar refractivity (Wildman–Crippen MR) is 96.5 cm³/mol. The van der Waals surface area contributed by atoms with E-state index in [0.29, 0.717) is 37.4 Å². The summed E-state index contributed by atoms with van der Waals surface area (Å²) in [5.74, 6) is 0.0409. The molecule has 2 amide bonds. The van der Waals surface area contributed by atoms with E-state index in [4.69, 9.17) is 5.73 Å². The van der Waals surface area contributed by atoms with Gasteiger partial charge in [0, 0.05) is 42.3 Å². The summed E-state index contributed by atoms with van der Waals surface area (Å²) in [5, 5.41) is 0. The van der Waals surface area contributed by atoms with Crippen molar-refractivity contribution in [2.45, 2.75) is 13.8 Å². The molecule has 1 fully saturated rings. The molecule has 1 aliphatic rings. The van der Waals surface area contributed by atoms with Gasteiger partial charge in [-0.2, -0.15) is 0 Å². The van der Waals surface area contributed by atoms with Crippen LogP contribution in [0.4, 0.5) is 5.69 Å². The van der Waals surface area contributed by atoms with Crippen LogP contribution in [0.1, 0.15) is 30.5 Å². The quantitative estimate of drug-likeness (QED) is 0.852. The zero-order valence-electron chi connectivity index (χ0n) is 13.9. The molecule has 6 heteroatoms. The second-order valence-corrected chi connectivity index (χ2v) is 7.36. The number of benzene rings is 1. The maximum absolute atomic E-state index is 12.7. The van der Waals surface area contributed by atoms with Crippen LogP contribution in [0.3, 0.4) is 0 Å². The molecule has 0 unspecified atom stereocenters. The van der Waals surface area contributed by atoms with E-state index in [2.05, 4.69) is 0 Å². The van der Waals surface area contributed by atoms with Crippen LogP contribution < -0.4 is 5.73 Å². The standard InChI is InChI=1S/C18H21N3O2S/c1-12-3-5-14(19)11-15(12)17(22)20-7-9-21(10-8-20)18(23)16-6-4-13(2)24-16/h3-6,11H,7-10,19H2,1-2H3. The second-order valence-electron chi connectivity index (χ2n) is 6.07. The number of piperazine rings is 1. The van der Waals surface area contributed by atoms with Crippen molar-refractivity contribution in [1.29, 1.82) is 0 Å². The molecule has 3 rings (SSSR count). The lowest BCUT2D eigenvalue weighted by Crippen LogP contribution is -2.50. The molecule has 0 spiro atoms. The Hall–Kier alpha value is -2.34. The van der Waals surface area contributed by atoms with Gasteiger partial charge in [-0.05, 0) is 43.7 Å². The maximum atomic E-state index is 12.7. The first kappa shape index (κ1) is 16.5. The lowest BCUT2D eigenvalue weighted by Gasteiger charge is -2.34. The van der Waals surface area contributed by atoms with Gasteiger partial charge in [0.1, 0.15) is 0 Å². The van der Waals surface area contributed by atoms with E-state index in [9.17, 15) is 9.59 Å². The summed E-state index contributed by atoms with van der Waals surface area (Å²) in [6.45, 7) is 6.11. The van der Waals surface area contributed by atoms with Crippen molar-refractivity contribution in [1.82, 2.24) is 9.80 Å². The molecule has 2 N–H and O–H groups in total. The summed E-state index contributed by atoms with van der Waals surface area (Å²) in [6.07, 6.45) is 0. The lowest BCUT2D eigenvalue weighted by atomic mass is 10.1. The van der Waals surface area contributed by atoms with Crippen LogP contribution in [0.25, 0.3) is 0 Å². The summed E-state index contributed by atoms with van der Waals surface area (Å²) in [5.41, 5.74) is 7.95. The topological polar surface area (TPSA) is 66.6 Å². The van der Waals surface area contributed by atoms with Gasteiger partial charge in [-0.1, -0.05) is 6.07 Å². The first-order valence-electron chi connectivity index (χ1n) is 7.97. The van der Waals surface area contributed by atoms with Crippen molar-refractivity contribution in [3.63, 3.8) is 0 Å². The van der Waals surface area contributed by atoms with E-state index in [1.54, 1.807) is 17.0 Å². The molecule has 2 heterocycles. The Morgan fingerprint density at radius 1 is 0.958 bits per heavy atom. The Kier molecular flexibility index (Phi) is 4.57. The molecule has 0 atom stereocenters. The molecule has 0 bridgehead atoms. The molecule has 2 aromatic rings. The fourth-order valence-corrected chi connectivity index (χ4v) is 3.69. The molecule has 5 nitrogen and oxygen atoms in total. The highest BCUT2D eigenvalue weighted by molar-refractivity contribution is 7.13. The summed E-state index contributed by atoms with van der Waals surface area (Å²) in [7, 11) is 0. The van der Waals surface area contributed by atoms with Gasteiger partial charge in [0.05, 0.1) is 4.88 Å². The third-order valence-electron chi connectivity index (χ3n) is 4.30. The molecule has 0 aliphatic carbocycles. The monoisotopic (exact) mass is 343 g/mol. The van der Waals surface area contributed by atoms with Gasteiger partial charge in [-0.3, -0.25) is 9.59 Å². The van der Waals surface area contributed by atoms with Gasteiger partial charge in [0.15, 0.2) is 0 Å².